The Labute approximate surface area is 135 Å². The molecule has 4 heteroatoms. The van der Waals surface area contributed by atoms with E-state index in [1.54, 1.807) is 7.11 Å². The van der Waals surface area contributed by atoms with Gasteiger partial charge >= 0.3 is 0 Å². The predicted octanol–water partition coefficient (Wildman–Crippen LogP) is 3.99. The van der Waals surface area contributed by atoms with Crippen LogP contribution in [0.5, 0.6) is 5.75 Å². The van der Waals surface area contributed by atoms with Gasteiger partial charge in [0.2, 0.25) is 0 Å². The molecule has 2 aromatic carbocycles. The summed E-state index contributed by atoms with van der Waals surface area (Å²) in [4.78, 5) is 12.4. The quantitative estimate of drug-likeness (QED) is 0.793. The zero-order valence-corrected chi connectivity index (χ0v) is 13.5. The Morgan fingerprint density at radius 3 is 2.57 bits per heavy atom. The van der Waals surface area contributed by atoms with Crippen LogP contribution >= 0.6 is 0 Å². The first-order valence-corrected chi connectivity index (χ1v) is 7.49. The summed E-state index contributed by atoms with van der Waals surface area (Å²) >= 11 is 0. The van der Waals surface area contributed by atoms with Crippen molar-refractivity contribution in [2.45, 2.75) is 20.4 Å². The second-order valence-corrected chi connectivity index (χ2v) is 5.59. The second kappa shape index (κ2) is 6.16. The number of nitrogens with one attached hydrogen (secondary N) is 1. The van der Waals surface area contributed by atoms with Gasteiger partial charge in [-0.05, 0) is 43.7 Å². The lowest BCUT2D eigenvalue weighted by Gasteiger charge is -2.05. The molecule has 0 saturated carbocycles. The van der Waals surface area contributed by atoms with E-state index in [-0.39, 0.29) is 5.91 Å². The Bertz CT molecular complexity index is 847. The van der Waals surface area contributed by atoms with Crippen LogP contribution < -0.4 is 10.1 Å². The molecule has 4 nitrogen and oxygen atoms in total. The molecule has 0 unspecified atom stereocenters. The molecule has 1 N–H and O–H groups in total. The molecule has 1 aromatic heterocycles. The molecule has 0 fully saturated rings. The largest absolute Gasteiger partial charge is 0.497 e. The van der Waals surface area contributed by atoms with Crippen LogP contribution in [0, 0.1) is 13.8 Å². The molecule has 0 radical (unpaired) electrons. The fourth-order valence-corrected chi connectivity index (χ4v) is 2.56. The van der Waals surface area contributed by atoms with Gasteiger partial charge in [-0.3, -0.25) is 4.79 Å². The number of hydrogen-bond acceptors (Lipinski definition) is 3. The fourth-order valence-electron chi connectivity index (χ4n) is 2.56. The van der Waals surface area contributed by atoms with Crippen LogP contribution in [0.4, 0.5) is 0 Å². The number of carbonyl (C=O) groups excluding carboxylic acids is 1. The average Bonchev–Trinajstić information content (AvgIpc) is 2.90. The summed E-state index contributed by atoms with van der Waals surface area (Å²) in [5, 5.41) is 3.88. The second-order valence-electron chi connectivity index (χ2n) is 5.59. The Hall–Kier alpha value is -2.75. The summed E-state index contributed by atoms with van der Waals surface area (Å²) in [6.45, 7) is 4.38. The average molecular weight is 309 g/mol. The number of furan rings is 1. The van der Waals surface area contributed by atoms with Crippen molar-refractivity contribution in [3.63, 3.8) is 0 Å². The van der Waals surface area contributed by atoms with Crippen LogP contribution in [-0.2, 0) is 6.54 Å². The minimum Gasteiger partial charge on any atom is -0.497 e. The van der Waals surface area contributed by atoms with E-state index in [1.165, 1.54) is 0 Å². The third-order valence-electron chi connectivity index (χ3n) is 3.91. The van der Waals surface area contributed by atoms with Gasteiger partial charge in [0.1, 0.15) is 11.3 Å². The van der Waals surface area contributed by atoms with E-state index >= 15 is 0 Å². The molecule has 0 saturated heterocycles. The maximum Gasteiger partial charge on any atom is 0.287 e. The van der Waals surface area contributed by atoms with Crippen molar-refractivity contribution < 1.29 is 13.9 Å². The van der Waals surface area contributed by atoms with Gasteiger partial charge in [-0.1, -0.05) is 23.8 Å². The maximum atomic E-state index is 12.4. The number of rotatable bonds is 4. The summed E-state index contributed by atoms with van der Waals surface area (Å²) in [6.07, 6.45) is 0. The van der Waals surface area contributed by atoms with E-state index in [9.17, 15) is 4.79 Å². The lowest BCUT2D eigenvalue weighted by atomic mass is 10.1. The van der Waals surface area contributed by atoms with E-state index in [0.717, 1.165) is 33.4 Å². The van der Waals surface area contributed by atoms with Crippen molar-refractivity contribution in [3.05, 3.63) is 64.9 Å². The Kier molecular flexibility index (Phi) is 4.06. The van der Waals surface area contributed by atoms with Crippen LogP contribution in [0.15, 0.2) is 46.9 Å². The van der Waals surface area contributed by atoms with Crippen molar-refractivity contribution in [3.8, 4) is 5.75 Å². The third-order valence-corrected chi connectivity index (χ3v) is 3.91. The number of methoxy groups -OCH3 is 1. The highest BCUT2D eigenvalue weighted by Gasteiger charge is 2.17. The smallest absolute Gasteiger partial charge is 0.287 e. The molecule has 118 valence electrons. The fraction of sp³-hybridized carbons (Fsp3) is 0.211. The Morgan fingerprint density at radius 2 is 1.87 bits per heavy atom. The molecule has 0 bridgehead atoms. The molecule has 0 spiro atoms. The molecule has 23 heavy (non-hydrogen) atoms. The summed E-state index contributed by atoms with van der Waals surface area (Å²) in [5.41, 5.74) is 3.76. The van der Waals surface area contributed by atoms with Crippen LogP contribution in [0.25, 0.3) is 11.0 Å². The maximum absolute atomic E-state index is 12.4. The topological polar surface area (TPSA) is 51.5 Å². The monoisotopic (exact) mass is 309 g/mol. The standard InChI is InChI=1S/C19H19NO3/c1-12-4-9-17-16(10-12)13(2)18(23-17)19(21)20-11-14-5-7-15(22-3)8-6-14/h4-10H,11H2,1-3H3,(H,20,21). The highest BCUT2D eigenvalue weighted by atomic mass is 16.5. The van der Waals surface area contributed by atoms with Crippen LogP contribution in [0.1, 0.15) is 27.2 Å². The molecule has 3 rings (SSSR count). The molecule has 1 amide bonds. The van der Waals surface area contributed by atoms with Gasteiger partial charge in [-0.25, -0.2) is 0 Å². The van der Waals surface area contributed by atoms with E-state index in [1.807, 2.05) is 56.3 Å². The van der Waals surface area contributed by atoms with Gasteiger partial charge in [-0.2, -0.15) is 0 Å². The lowest BCUT2D eigenvalue weighted by molar-refractivity contribution is 0.0924. The van der Waals surface area contributed by atoms with Gasteiger partial charge in [0, 0.05) is 17.5 Å². The molecular weight excluding hydrogens is 290 g/mol. The molecule has 0 aliphatic heterocycles. The number of carbonyl (C=O) groups is 1. The van der Waals surface area contributed by atoms with Crippen molar-refractivity contribution in [2.24, 2.45) is 0 Å². The van der Waals surface area contributed by atoms with E-state index in [0.29, 0.717) is 12.3 Å². The molecule has 3 aromatic rings. The Balaban J connectivity index is 1.76. The minimum atomic E-state index is -0.202. The molecular formula is C19H19NO3. The highest BCUT2D eigenvalue weighted by molar-refractivity contribution is 5.99. The Morgan fingerprint density at radius 1 is 1.13 bits per heavy atom. The lowest BCUT2D eigenvalue weighted by Crippen LogP contribution is -2.22. The van der Waals surface area contributed by atoms with Gasteiger partial charge in [0.25, 0.3) is 5.91 Å². The number of hydrogen-bond donors (Lipinski definition) is 1. The van der Waals surface area contributed by atoms with Crippen LogP contribution in [-0.4, -0.2) is 13.0 Å². The van der Waals surface area contributed by atoms with E-state index in [4.69, 9.17) is 9.15 Å². The zero-order chi connectivity index (χ0) is 16.4. The van der Waals surface area contributed by atoms with Crippen molar-refractivity contribution >= 4 is 16.9 Å². The van der Waals surface area contributed by atoms with E-state index in [2.05, 4.69) is 5.32 Å². The van der Waals surface area contributed by atoms with Crippen molar-refractivity contribution in [2.75, 3.05) is 7.11 Å². The third kappa shape index (κ3) is 3.06. The first-order valence-electron chi connectivity index (χ1n) is 7.49. The number of ether oxygens (including phenoxy) is 1. The zero-order valence-electron chi connectivity index (χ0n) is 13.5. The summed E-state index contributed by atoms with van der Waals surface area (Å²) < 4.78 is 10.8. The van der Waals surface area contributed by atoms with Gasteiger partial charge in [0.15, 0.2) is 5.76 Å². The first kappa shape index (κ1) is 15.2. The van der Waals surface area contributed by atoms with Crippen molar-refractivity contribution in [1.29, 1.82) is 0 Å². The SMILES string of the molecule is COc1ccc(CNC(=O)c2oc3ccc(C)cc3c2C)cc1. The summed E-state index contributed by atoms with van der Waals surface area (Å²) in [6, 6.07) is 13.5. The van der Waals surface area contributed by atoms with Gasteiger partial charge in [-0.15, -0.1) is 0 Å². The van der Waals surface area contributed by atoms with Crippen molar-refractivity contribution in [1.82, 2.24) is 5.32 Å². The number of amides is 1. The van der Waals surface area contributed by atoms with Gasteiger partial charge in [0.05, 0.1) is 7.11 Å². The van der Waals surface area contributed by atoms with Gasteiger partial charge < -0.3 is 14.5 Å². The number of aryl methyl sites for hydroxylation is 2. The number of fused-ring (bicyclic) bond motifs is 1. The molecule has 0 aliphatic rings. The minimum absolute atomic E-state index is 0.202. The summed E-state index contributed by atoms with van der Waals surface area (Å²) in [7, 11) is 1.63. The first-order chi connectivity index (χ1) is 11.1. The molecule has 0 atom stereocenters. The van der Waals surface area contributed by atoms with Crippen LogP contribution in [0.2, 0.25) is 0 Å². The molecule has 0 aliphatic carbocycles. The van der Waals surface area contributed by atoms with Crippen LogP contribution in [0.3, 0.4) is 0 Å². The highest BCUT2D eigenvalue weighted by Crippen LogP contribution is 2.26. The predicted molar refractivity (Wildman–Crippen MR) is 89.9 cm³/mol. The van der Waals surface area contributed by atoms with E-state index < -0.39 is 0 Å². The normalized spacial score (nSPS) is 10.7. The number of benzene rings is 2. The summed E-state index contributed by atoms with van der Waals surface area (Å²) in [5.74, 6) is 0.967. The molecule has 1 heterocycles.